The van der Waals surface area contributed by atoms with Crippen molar-refractivity contribution in [2.75, 3.05) is 26.7 Å². The van der Waals surface area contributed by atoms with Crippen molar-refractivity contribution >= 4 is 0 Å². The number of hydrogen-bond acceptors (Lipinski definition) is 3. The van der Waals surface area contributed by atoms with E-state index in [4.69, 9.17) is 5.11 Å². The summed E-state index contributed by atoms with van der Waals surface area (Å²) >= 11 is 0. The first-order valence-corrected chi connectivity index (χ1v) is 7.87. The van der Waals surface area contributed by atoms with Crippen molar-refractivity contribution in [2.24, 2.45) is 5.92 Å². The molecular formula is C15H30N2O. The quantitative estimate of drug-likeness (QED) is 0.761. The lowest BCUT2D eigenvalue weighted by atomic mass is 9.84. The molecule has 0 radical (unpaired) electrons. The van der Waals surface area contributed by atoms with E-state index >= 15 is 0 Å². The Morgan fingerprint density at radius 3 is 2.78 bits per heavy atom. The van der Waals surface area contributed by atoms with E-state index in [1.165, 1.54) is 58.0 Å². The van der Waals surface area contributed by atoms with Crippen LogP contribution in [0.1, 0.15) is 51.4 Å². The maximum Gasteiger partial charge on any atom is 0.0431 e. The van der Waals surface area contributed by atoms with Crippen molar-refractivity contribution < 1.29 is 5.11 Å². The lowest BCUT2D eigenvalue weighted by Gasteiger charge is -2.36. The molecule has 1 heterocycles. The number of likely N-dealkylation sites (tertiary alicyclic amines) is 1. The lowest BCUT2D eigenvalue weighted by molar-refractivity contribution is 0.151. The molecule has 0 amide bonds. The number of nitrogens with one attached hydrogen (secondary N) is 1. The highest BCUT2D eigenvalue weighted by Crippen LogP contribution is 2.29. The lowest BCUT2D eigenvalue weighted by Crippen LogP contribution is -2.44. The fourth-order valence-corrected chi connectivity index (χ4v) is 3.90. The van der Waals surface area contributed by atoms with Crippen molar-refractivity contribution in [3.8, 4) is 0 Å². The van der Waals surface area contributed by atoms with Gasteiger partial charge in [0.1, 0.15) is 0 Å². The van der Waals surface area contributed by atoms with Crippen LogP contribution in [-0.4, -0.2) is 48.8 Å². The average molecular weight is 254 g/mol. The molecule has 18 heavy (non-hydrogen) atoms. The fraction of sp³-hybridized carbons (Fsp3) is 1.00. The predicted octanol–water partition coefficient (Wildman–Crippen LogP) is 2.00. The van der Waals surface area contributed by atoms with Gasteiger partial charge in [0, 0.05) is 25.2 Å². The summed E-state index contributed by atoms with van der Waals surface area (Å²) in [5.74, 6) is 0.846. The van der Waals surface area contributed by atoms with Crippen LogP contribution >= 0.6 is 0 Å². The van der Waals surface area contributed by atoms with Crippen LogP contribution in [0.5, 0.6) is 0 Å². The summed E-state index contributed by atoms with van der Waals surface area (Å²) in [7, 11) is 2.12. The van der Waals surface area contributed by atoms with E-state index in [0.29, 0.717) is 6.61 Å². The zero-order chi connectivity index (χ0) is 12.8. The van der Waals surface area contributed by atoms with Crippen LogP contribution < -0.4 is 5.32 Å². The van der Waals surface area contributed by atoms with Gasteiger partial charge >= 0.3 is 0 Å². The molecule has 2 fully saturated rings. The topological polar surface area (TPSA) is 35.5 Å². The zero-order valence-electron chi connectivity index (χ0n) is 11.9. The molecule has 3 nitrogen and oxygen atoms in total. The van der Waals surface area contributed by atoms with Gasteiger partial charge < -0.3 is 15.3 Å². The maximum absolute atomic E-state index is 8.99. The summed E-state index contributed by atoms with van der Waals surface area (Å²) in [4.78, 5) is 2.70. The number of hydrogen-bond donors (Lipinski definition) is 2. The van der Waals surface area contributed by atoms with Crippen molar-refractivity contribution in [1.82, 2.24) is 10.2 Å². The molecule has 106 valence electrons. The smallest absolute Gasteiger partial charge is 0.0431 e. The Balaban J connectivity index is 1.82. The average Bonchev–Trinajstić information content (AvgIpc) is 2.84. The van der Waals surface area contributed by atoms with E-state index in [-0.39, 0.29) is 0 Å². The van der Waals surface area contributed by atoms with Gasteiger partial charge in [0.25, 0.3) is 0 Å². The van der Waals surface area contributed by atoms with Crippen molar-refractivity contribution in [3.63, 3.8) is 0 Å². The molecule has 0 aromatic rings. The molecule has 3 atom stereocenters. The highest BCUT2D eigenvalue weighted by atomic mass is 16.2. The van der Waals surface area contributed by atoms with E-state index in [0.717, 1.165) is 24.4 Å². The summed E-state index contributed by atoms with van der Waals surface area (Å²) in [6.07, 6.45) is 10.4. The van der Waals surface area contributed by atoms with Gasteiger partial charge in [-0.2, -0.15) is 0 Å². The van der Waals surface area contributed by atoms with Crippen LogP contribution in [0.2, 0.25) is 0 Å². The Kier molecular flexibility index (Phi) is 5.93. The number of nitrogens with zero attached hydrogens (tertiary/aromatic N) is 1. The largest absolute Gasteiger partial charge is 0.396 e. The van der Waals surface area contributed by atoms with Crippen LogP contribution in [0.25, 0.3) is 0 Å². The van der Waals surface area contributed by atoms with Gasteiger partial charge in [0.15, 0.2) is 0 Å². The third-order valence-corrected chi connectivity index (χ3v) is 4.94. The van der Waals surface area contributed by atoms with Gasteiger partial charge in [-0.25, -0.2) is 0 Å². The summed E-state index contributed by atoms with van der Waals surface area (Å²) in [5, 5.41) is 12.5. The fourth-order valence-electron chi connectivity index (χ4n) is 3.90. The summed E-state index contributed by atoms with van der Waals surface area (Å²) in [5.41, 5.74) is 0. The number of rotatable bonds is 6. The monoisotopic (exact) mass is 254 g/mol. The molecule has 1 saturated carbocycles. The Morgan fingerprint density at radius 2 is 2.00 bits per heavy atom. The van der Waals surface area contributed by atoms with Crippen LogP contribution in [0.15, 0.2) is 0 Å². The molecule has 3 unspecified atom stereocenters. The number of aliphatic hydroxyl groups excluding tert-OH is 1. The minimum Gasteiger partial charge on any atom is -0.396 e. The predicted molar refractivity (Wildman–Crippen MR) is 75.7 cm³/mol. The molecule has 0 bridgehead atoms. The normalized spacial score (nSPS) is 34.0. The minimum atomic E-state index is 0.354. The first kappa shape index (κ1) is 14.3. The molecule has 0 aromatic carbocycles. The molecule has 1 aliphatic heterocycles. The van der Waals surface area contributed by atoms with Crippen molar-refractivity contribution in [3.05, 3.63) is 0 Å². The van der Waals surface area contributed by atoms with Gasteiger partial charge in [0.05, 0.1) is 0 Å². The van der Waals surface area contributed by atoms with Crippen molar-refractivity contribution in [1.29, 1.82) is 0 Å². The molecule has 2 rings (SSSR count). The summed E-state index contributed by atoms with van der Waals surface area (Å²) in [6, 6.07) is 1.48. The van der Waals surface area contributed by atoms with Gasteiger partial charge in [-0.1, -0.05) is 12.8 Å². The Labute approximate surface area is 112 Å². The molecule has 3 heteroatoms. The van der Waals surface area contributed by atoms with E-state index in [1.807, 2.05) is 0 Å². The minimum absolute atomic E-state index is 0.354. The van der Waals surface area contributed by atoms with Crippen LogP contribution in [-0.2, 0) is 0 Å². The van der Waals surface area contributed by atoms with Crippen LogP contribution in [0.4, 0.5) is 0 Å². The third kappa shape index (κ3) is 3.69. The van der Waals surface area contributed by atoms with E-state index in [9.17, 15) is 0 Å². The molecule has 2 N–H and O–H groups in total. The molecule has 0 spiro atoms. The summed E-state index contributed by atoms with van der Waals surface area (Å²) < 4.78 is 0. The highest BCUT2D eigenvalue weighted by molar-refractivity contribution is 4.86. The molecule has 1 aliphatic carbocycles. The molecular weight excluding hydrogens is 224 g/mol. The highest BCUT2D eigenvalue weighted by Gasteiger charge is 2.30. The van der Waals surface area contributed by atoms with Crippen molar-refractivity contribution in [2.45, 2.75) is 63.5 Å². The first-order valence-electron chi connectivity index (χ1n) is 7.87. The first-order chi connectivity index (χ1) is 8.85. The van der Waals surface area contributed by atoms with E-state index < -0.39 is 0 Å². The molecule has 1 saturated heterocycles. The second-order valence-corrected chi connectivity index (χ2v) is 6.10. The van der Waals surface area contributed by atoms with E-state index in [1.54, 1.807) is 0 Å². The molecule has 2 aliphatic rings. The van der Waals surface area contributed by atoms with Crippen LogP contribution in [0, 0.1) is 5.92 Å². The second kappa shape index (κ2) is 7.46. The van der Waals surface area contributed by atoms with Gasteiger partial charge in [-0.05, 0) is 58.0 Å². The maximum atomic E-state index is 8.99. The second-order valence-electron chi connectivity index (χ2n) is 6.10. The van der Waals surface area contributed by atoms with Gasteiger partial charge in [-0.15, -0.1) is 0 Å². The zero-order valence-corrected chi connectivity index (χ0v) is 11.9. The van der Waals surface area contributed by atoms with Gasteiger partial charge in [0.2, 0.25) is 0 Å². The summed E-state index contributed by atoms with van der Waals surface area (Å²) in [6.45, 7) is 2.91. The Hall–Kier alpha value is -0.120. The van der Waals surface area contributed by atoms with Crippen LogP contribution in [0.3, 0.4) is 0 Å². The Bertz CT molecular complexity index is 235. The Morgan fingerprint density at radius 1 is 1.17 bits per heavy atom. The third-order valence-electron chi connectivity index (χ3n) is 4.94. The SMILES string of the molecule is CNC1CCCCC1CN1CCCC1CCCO. The van der Waals surface area contributed by atoms with E-state index in [2.05, 4.69) is 17.3 Å². The number of aliphatic hydroxyl groups is 1. The van der Waals surface area contributed by atoms with Gasteiger partial charge in [-0.3, -0.25) is 0 Å². The molecule has 0 aromatic heterocycles. The standard InChI is InChI=1S/C15H30N2O/c1-16-15-9-3-2-6-13(15)12-17-10-4-7-14(17)8-5-11-18/h13-16,18H,2-12H2,1H3.